The Bertz CT molecular complexity index is 577. The molecule has 0 spiro atoms. The fourth-order valence-electron chi connectivity index (χ4n) is 2.20. The quantitative estimate of drug-likeness (QED) is 0.782. The second kappa shape index (κ2) is 7.27. The van der Waals surface area contributed by atoms with Gasteiger partial charge in [-0.05, 0) is 54.9 Å². The van der Waals surface area contributed by atoms with Gasteiger partial charge >= 0.3 is 0 Å². The van der Waals surface area contributed by atoms with Gasteiger partial charge in [-0.3, -0.25) is 0 Å². The van der Waals surface area contributed by atoms with E-state index >= 15 is 0 Å². The highest BCUT2D eigenvalue weighted by Crippen LogP contribution is 2.30. The van der Waals surface area contributed by atoms with Crippen molar-refractivity contribution in [3.63, 3.8) is 0 Å². The molecule has 21 heavy (non-hydrogen) atoms. The Morgan fingerprint density at radius 1 is 1.19 bits per heavy atom. The monoisotopic (exact) mass is 313 g/mol. The Labute approximate surface area is 128 Å². The average Bonchev–Trinajstić information content (AvgIpc) is 2.33. The highest BCUT2D eigenvalue weighted by Gasteiger charge is 2.19. The van der Waals surface area contributed by atoms with Crippen LogP contribution in [0.5, 0.6) is 5.75 Å². The summed E-state index contributed by atoms with van der Waals surface area (Å²) < 4.78 is 29.2. The van der Waals surface area contributed by atoms with Gasteiger partial charge < -0.3 is 4.74 Å². The zero-order chi connectivity index (χ0) is 16.2. The van der Waals surface area contributed by atoms with Crippen LogP contribution in [0.1, 0.15) is 57.6 Å². The molecule has 0 aromatic heterocycles. The molecule has 0 bridgehead atoms. The van der Waals surface area contributed by atoms with Gasteiger partial charge in [-0.2, -0.15) is 0 Å². The Morgan fingerprint density at radius 2 is 1.81 bits per heavy atom. The minimum atomic E-state index is -3.71. The summed E-state index contributed by atoms with van der Waals surface area (Å²) in [6.45, 7) is 10.7. The molecule has 0 unspecified atom stereocenters. The second-order valence-corrected chi connectivity index (χ2v) is 7.77. The summed E-state index contributed by atoms with van der Waals surface area (Å²) in [5.41, 5.74) is 1.51. The molecule has 5 heteroatoms. The van der Waals surface area contributed by atoms with Crippen LogP contribution in [-0.2, 0) is 10.0 Å². The number of nitrogens with two attached hydrogens (primary N) is 1. The number of aryl methyl sites for hydroxylation is 1. The van der Waals surface area contributed by atoms with Gasteiger partial charge in [0.1, 0.15) is 5.75 Å². The van der Waals surface area contributed by atoms with E-state index in [2.05, 4.69) is 13.8 Å². The number of sulfonamides is 1. The smallest absolute Gasteiger partial charge is 0.238 e. The van der Waals surface area contributed by atoms with Gasteiger partial charge in [0.2, 0.25) is 10.0 Å². The molecule has 0 heterocycles. The number of benzene rings is 1. The van der Waals surface area contributed by atoms with Crippen LogP contribution in [0.25, 0.3) is 0 Å². The summed E-state index contributed by atoms with van der Waals surface area (Å²) >= 11 is 0. The third-order valence-electron chi connectivity index (χ3n) is 3.42. The van der Waals surface area contributed by atoms with E-state index in [9.17, 15) is 8.42 Å². The molecule has 1 aromatic carbocycles. The van der Waals surface area contributed by atoms with Gasteiger partial charge in [-0.25, -0.2) is 13.6 Å². The van der Waals surface area contributed by atoms with Crippen LogP contribution in [0.15, 0.2) is 17.0 Å². The van der Waals surface area contributed by atoms with Crippen LogP contribution < -0.4 is 9.88 Å². The molecule has 0 amide bonds. The molecule has 120 valence electrons. The minimum absolute atomic E-state index is 0.0666. The van der Waals surface area contributed by atoms with Crippen molar-refractivity contribution in [1.82, 2.24) is 0 Å². The van der Waals surface area contributed by atoms with Crippen molar-refractivity contribution in [3.8, 4) is 5.75 Å². The lowest BCUT2D eigenvalue weighted by molar-refractivity contribution is 0.295. The fraction of sp³-hybridized carbons (Fsp3) is 0.625. The van der Waals surface area contributed by atoms with E-state index in [1.54, 1.807) is 6.07 Å². The molecular weight excluding hydrogens is 286 g/mol. The molecule has 0 saturated carbocycles. The third-order valence-corrected chi connectivity index (χ3v) is 4.39. The molecule has 0 fully saturated rings. The zero-order valence-electron chi connectivity index (χ0n) is 13.6. The summed E-state index contributed by atoms with van der Waals surface area (Å²) in [5, 5.41) is 5.30. The van der Waals surface area contributed by atoms with E-state index in [4.69, 9.17) is 9.88 Å². The number of primary sulfonamides is 1. The maximum Gasteiger partial charge on any atom is 0.238 e. The molecule has 4 nitrogen and oxygen atoms in total. The van der Waals surface area contributed by atoms with Gasteiger partial charge in [-0.1, -0.05) is 27.7 Å². The van der Waals surface area contributed by atoms with Crippen molar-refractivity contribution in [3.05, 3.63) is 23.3 Å². The van der Waals surface area contributed by atoms with Crippen LogP contribution in [-0.4, -0.2) is 15.0 Å². The maximum absolute atomic E-state index is 11.7. The Morgan fingerprint density at radius 3 is 2.29 bits per heavy atom. The highest BCUT2D eigenvalue weighted by atomic mass is 32.2. The summed E-state index contributed by atoms with van der Waals surface area (Å²) in [6.07, 6.45) is 2.11. The van der Waals surface area contributed by atoms with Crippen molar-refractivity contribution in [1.29, 1.82) is 0 Å². The van der Waals surface area contributed by atoms with Gasteiger partial charge in [0, 0.05) is 0 Å². The molecule has 2 N–H and O–H groups in total. The van der Waals surface area contributed by atoms with Crippen LogP contribution in [0.3, 0.4) is 0 Å². The summed E-state index contributed by atoms with van der Waals surface area (Å²) in [7, 11) is -3.71. The first-order chi connectivity index (χ1) is 9.62. The predicted molar refractivity (Wildman–Crippen MR) is 86.2 cm³/mol. The molecule has 0 aliphatic carbocycles. The van der Waals surface area contributed by atoms with Gasteiger partial charge in [0.15, 0.2) is 0 Å². The SMILES string of the molecule is Cc1cc(S(N)(=O)=O)c(C(C)C)cc1OCCCC(C)C. The molecule has 1 rings (SSSR count). The van der Waals surface area contributed by atoms with Crippen LogP contribution >= 0.6 is 0 Å². The Kier molecular flexibility index (Phi) is 6.23. The highest BCUT2D eigenvalue weighted by molar-refractivity contribution is 7.89. The first-order valence-corrected chi connectivity index (χ1v) is 8.97. The maximum atomic E-state index is 11.7. The molecule has 0 aliphatic rings. The third kappa shape index (κ3) is 5.32. The minimum Gasteiger partial charge on any atom is -0.493 e. The van der Waals surface area contributed by atoms with Gasteiger partial charge in [0.05, 0.1) is 11.5 Å². The normalized spacial score (nSPS) is 12.2. The first kappa shape index (κ1) is 18.0. The van der Waals surface area contributed by atoms with Gasteiger partial charge in [0.25, 0.3) is 0 Å². The van der Waals surface area contributed by atoms with Gasteiger partial charge in [-0.15, -0.1) is 0 Å². The molecule has 0 atom stereocenters. The van der Waals surface area contributed by atoms with E-state index < -0.39 is 10.0 Å². The van der Waals surface area contributed by atoms with E-state index in [1.807, 2.05) is 26.8 Å². The zero-order valence-corrected chi connectivity index (χ0v) is 14.5. The number of rotatable bonds is 7. The van der Waals surface area contributed by atoms with Crippen LogP contribution in [0.4, 0.5) is 0 Å². The van der Waals surface area contributed by atoms with Crippen molar-refractivity contribution < 1.29 is 13.2 Å². The van der Waals surface area contributed by atoms with E-state index in [-0.39, 0.29) is 10.8 Å². The largest absolute Gasteiger partial charge is 0.493 e. The van der Waals surface area contributed by atoms with Crippen molar-refractivity contribution >= 4 is 10.0 Å². The van der Waals surface area contributed by atoms with Crippen molar-refractivity contribution in [2.45, 2.75) is 58.3 Å². The molecule has 1 aromatic rings. The number of hydrogen-bond acceptors (Lipinski definition) is 3. The lowest BCUT2D eigenvalue weighted by Gasteiger charge is -2.16. The lowest BCUT2D eigenvalue weighted by atomic mass is 10.0. The fourth-order valence-corrected chi connectivity index (χ4v) is 3.17. The van der Waals surface area contributed by atoms with Crippen molar-refractivity contribution in [2.75, 3.05) is 6.61 Å². The van der Waals surface area contributed by atoms with Crippen molar-refractivity contribution in [2.24, 2.45) is 11.1 Å². The second-order valence-electron chi connectivity index (χ2n) is 6.24. The predicted octanol–water partition coefficient (Wildman–Crippen LogP) is 3.58. The topological polar surface area (TPSA) is 69.4 Å². The summed E-state index contributed by atoms with van der Waals surface area (Å²) in [5.74, 6) is 1.47. The van der Waals surface area contributed by atoms with E-state index in [0.717, 1.165) is 24.2 Å². The lowest BCUT2D eigenvalue weighted by Crippen LogP contribution is -2.16. The summed E-state index contributed by atoms with van der Waals surface area (Å²) in [4.78, 5) is 0.199. The Hall–Kier alpha value is -1.07. The Balaban J connectivity index is 3.00. The average molecular weight is 313 g/mol. The molecule has 0 saturated heterocycles. The first-order valence-electron chi connectivity index (χ1n) is 7.43. The summed E-state index contributed by atoms with van der Waals surface area (Å²) in [6, 6.07) is 3.43. The molecule has 0 radical (unpaired) electrons. The molecule has 0 aliphatic heterocycles. The molecular formula is C16H27NO3S. The standard InChI is InChI=1S/C16H27NO3S/c1-11(2)7-6-8-20-15-10-14(12(3)4)16(9-13(15)5)21(17,18)19/h9-12H,6-8H2,1-5H3,(H2,17,18,19). The van der Waals surface area contributed by atoms with E-state index in [1.165, 1.54) is 0 Å². The number of ether oxygens (including phenoxy) is 1. The van der Waals surface area contributed by atoms with E-state index in [0.29, 0.717) is 18.1 Å². The van der Waals surface area contributed by atoms with Crippen LogP contribution in [0.2, 0.25) is 0 Å². The number of hydrogen-bond donors (Lipinski definition) is 1. The van der Waals surface area contributed by atoms with Crippen LogP contribution in [0, 0.1) is 12.8 Å².